The lowest BCUT2D eigenvalue weighted by Gasteiger charge is -2.22. The summed E-state index contributed by atoms with van der Waals surface area (Å²) in [7, 11) is -3.50. The van der Waals surface area contributed by atoms with Crippen molar-refractivity contribution in [2.24, 2.45) is 0 Å². The summed E-state index contributed by atoms with van der Waals surface area (Å²) in [5, 5.41) is 0. The third kappa shape index (κ3) is 2.36. The number of benzene rings is 1. The van der Waals surface area contributed by atoms with Crippen LogP contribution in [0.3, 0.4) is 0 Å². The fraction of sp³-hybridized carbons (Fsp3) is 0.154. The van der Waals surface area contributed by atoms with Crippen LogP contribution in [0.25, 0.3) is 0 Å². The molecule has 18 heavy (non-hydrogen) atoms. The number of hydrogen-bond donors (Lipinski definition) is 0. The monoisotopic (exact) mass is 262 g/mol. The van der Waals surface area contributed by atoms with E-state index in [0.717, 1.165) is 0 Å². The van der Waals surface area contributed by atoms with Crippen molar-refractivity contribution >= 4 is 15.7 Å². The topological polar surface area (TPSA) is 50.3 Å². The molecule has 5 heteroatoms. The van der Waals surface area contributed by atoms with Crippen LogP contribution in [0.4, 0.5) is 5.69 Å². The van der Waals surface area contributed by atoms with E-state index in [-0.39, 0.29) is 0 Å². The summed E-state index contributed by atoms with van der Waals surface area (Å²) in [5.41, 5.74) is 0.622. The molecule has 4 nitrogen and oxygen atoms in total. The summed E-state index contributed by atoms with van der Waals surface area (Å²) >= 11 is 0. The van der Waals surface area contributed by atoms with Gasteiger partial charge in [-0.25, -0.2) is 8.42 Å². The summed E-state index contributed by atoms with van der Waals surface area (Å²) in [6.07, 6.45) is 3.16. The minimum atomic E-state index is -3.50. The molecular formula is C13H14N2O2S. The van der Waals surface area contributed by atoms with Crippen molar-refractivity contribution in [3.63, 3.8) is 0 Å². The van der Waals surface area contributed by atoms with Crippen LogP contribution in [0.15, 0.2) is 59.8 Å². The number of pyridine rings is 1. The molecule has 0 unspecified atom stereocenters. The van der Waals surface area contributed by atoms with Crippen LogP contribution in [0, 0.1) is 0 Å². The van der Waals surface area contributed by atoms with Crippen molar-refractivity contribution in [1.29, 1.82) is 0 Å². The van der Waals surface area contributed by atoms with Crippen LogP contribution in [-0.2, 0) is 10.0 Å². The molecule has 0 saturated carbocycles. The van der Waals surface area contributed by atoms with E-state index in [2.05, 4.69) is 4.98 Å². The van der Waals surface area contributed by atoms with Crippen molar-refractivity contribution in [2.45, 2.75) is 11.8 Å². The summed E-state index contributed by atoms with van der Waals surface area (Å²) in [6, 6.07) is 11.8. The molecule has 1 aromatic heterocycles. The van der Waals surface area contributed by atoms with E-state index in [4.69, 9.17) is 0 Å². The van der Waals surface area contributed by atoms with Crippen LogP contribution in [0.2, 0.25) is 0 Å². The van der Waals surface area contributed by atoms with Crippen LogP contribution in [0.5, 0.6) is 0 Å². The Morgan fingerprint density at radius 1 is 1.06 bits per heavy atom. The SMILES string of the molecule is CCN(c1ccncc1)S(=O)(=O)c1ccccc1. The Hall–Kier alpha value is -1.88. The lowest BCUT2D eigenvalue weighted by Crippen LogP contribution is -2.30. The second-order valence-corrected chi connectivity index (χ2v) is 5.55. The number of aromatic nitrogens is 1. The first-order valence-electron chi connectivity index (χ1n) is 5.64. The van der Waals surface area contributed by atoms with Crippen molar-refractivity contribution in [3.05, 3.63) is 54.9 Å². The highest BCUT2D eigenvalue weighted by atomic mass is 32.2. The largest absolute Gasteiger partial charge is 0.267 e. The van der Waals surface area contributed by atoms with Gasteiger partial charge >= 0.3 is 0 Å². The van der Waals surface area contributed by atoms with Crippen molar-refractivity contribution < 1.29 is 8.42 Å². The summed E-state index contributed by atoms with van der Waals surface area (Å²) < 4.78 is 26.3. The van der Waals surface area contributed by atoms with E-state index in [1.807, 2.05) is 0 Å². The van der Waals surface area contributed by atoms with E-state index in [0.29, 0.717) is 17.1 Å². The van der Waals surface area contributed by atoms with Crippen LogP contribution in [-0.4, -0.2) is 19.9 Å². The molecule has 0 aliphatic carbocycles. The Morgan fingerprint density at radius 3 is 2.22 bits per heavy atom. The first kappa shape index (κ1) is 12.6. The molecule has 0 N–H and O–H groups in total. The minimum absolute atomic E-state index is 0.295. The fourth-order valence-corrected chi connectivity index (χ4v) is 3.22. The molecule has 0 aliphatic rings. The van der Waals surface area contributed by atoms with Crippen molar-refractivity contribution in [1.82, 2.24) is 4.98 Å². The average Bonchev–Trinajstić information content (AvgIpc) is 2.41. The van der Waals surface area contributed by atoms with Crippen LogP contribution < -0.4 is 4.31 Å². The molecular weight excluding hydrogens is 248 g/mol. The number of rotatable bonds is 4. The van der Waals surface area contributed by atoms with E-state index in [9.17, 15) is 8.42 Å². The number of anilines is 1. The zero-order valence-electron chi connectivity index (χ0n) is 10.0. The van der Waals surface area contributed by atoms with Gasteiger partial charge in [0.2, 0.25) is 0 Å². The zero-order valence-corrected chi connectivity index (χ0v) is 10.8. The third-order valence-electron chi connectivity index (χ3n) is 2.57. The van der Waals surface area contributed by atoms with Gasteiger partial charge in [0.25, 0.3) is 10.0 Å². The first-order valence-corrected chi connectivity index (χ1v) is 7.08. The maximum Gasteiger partial charge on any atom is 0.264 e. The van der Waals surface area contributed by atoms with Crippen LogP contribution in [0.1, 0.15) is 6.92 Å². The average molecular weight is 262 g/mol. The molecule has 0 aliphatic heterocycles. The van der Waals surface area contributed by atoms with Crippen LogP contribution >= 0.6 is 0 Å². The third-order valence-corrected chi connectivity index (χ3v) is 4.49. The molecule has 0 spiro atoms. The van der Waals surface area contributed by atoms with Crippen molar-refractivity contribution in [2.75, 3.05) is 10.8 Å². The molecule has 1 heterocycles. The summed E-state index contributed by atoms with van der Waals surface area (Å²) in [4.78, 5) is 4.19. The molecule has 2 rings (SSSR count). The quantitative estimate of drug-likeness (QED) is 0.849. The van der Waals surface area contributed by atoms with Gasteiger partial charge in [-0.05, 0) is 31.2 Å². The number of nitrogens with zero attached hydrogens (tertiary/aromatic N) is 2. The van der Waals surface area contributed by atoms with Gasteiger partial charge in [0.15, 0.2) is 0 Å². The smallest absolute Gasteiger partial charge is 0.264 e. The Kier molecular flexibility index (Phi) is 3.62. The van der Waals surface area contributed by atoms with Gasteiger partial charge in [0.1, 0.15) is 0 Å². The van der Waals surface area contributed by atoms with E-state index < -0.39 is 10.0 Å². The lowest BCUT2D eigenvalue weighted by molar-refractivity contribution is 0.592. The van der Waals surface area contributed by atoms with E-state index in [1.54, 1.807) is 61.8 Å². The molecule has 0 fully saturated rings. The second kappa shape index (κ2) is 5.18. The molecule has 0 radical (unpaired) electrons. The van der Waals surface area contributed by atoms with Gasteiger partial charge in [-0.3, -0.25) is 9.29 Å². The maximum atomic E-state index is 12.5. The molecule has 0 bridgehead atoms. The normalized spacial score (nSPS) is 11.2. The maximum absolute atomic E-state index is 12.5. The molecule has 0 amide bonds. The predicted octanol–water partition coefficient (Wildman–Crippen LogP) is 2.30. The van der Waals surface area contributed by atoms with Gasteiger partial charge in [-0.2, -0.15) is 0 Å². The molecule has 2 aromatic rings. The zero-order chi connectivity index (χ0) is 13.0. The standard InChI is InChI=1S/C13H14N2O2S/c1-2-15(12-8-10-14-11-9-12)18(16,17)13-6-4-3-5-7-13/h3-11H,2H2,1H3. The Labute approximate surface area is 107 Å². The van der Waals surface area contributed by atoms with Gasteiger partial charge < -0.3 is 0 Å². The summed E-state index contributed by atoms with van der Waals surface area (Å²) in [6.45, 7) is 2.18. The van der Waals surface area contributed by atoms with E-state index >= 15 is 0 Å². The molecule has 0 atom stereocenters. The minimum Gasteiger partial charge on any atom is -0.267 e. The number of sulfonamides is 1. The van der Waals surface area contributed by atoms with Gasteiger partial charge in [0, 0.05) is 18.9 Å². The summed E-state index contributed by atoms with van der Waals surface area (Å²) in [5.74, 6) is 0. The lowest BCUT2D eigenvalue weighted by atomic mass is 10.4. The Bertz CT molecular complexity index is 597. The predicted molar refractivity (Wildman–Crippen MR) is 70.9 cm³/mol. The Morgan fingerprint density at radius 2 is 1.67 bits per heavy atom. The highest BCUT2D eigenvalue weighted by Crippen LogP contribution is 2.22. The molecule has 94 valence electrons. The fourth-order valence-electron chi connectivity index (χ4n) is 1.72. The molecule has 1 aromatic carbocycles. The highest BCUT2D eigenvalue weighted by Gasteiger charge is 2.22. The number of hydrogen-bond acceptors (Lipinski definition) is 3. The van der Waals surface area contributed by atoms with Crippen molar-refractivity contribution in [3.8, 4) is 0 Å². The van der Waals surface area contributed by atoms with Gasteiger partial charge in [0.05, 0.1) is 10.6 Å². The highest BCUT2D eigenvalue weighted by molar-refractivity contribution is 7.92. The second-order valence-electron chi connectivity index (χ2n) is 3.69. The first-order chi connectivity index (χ1) is 8.66. The van der Waals surface area contributed by atoms with E-state index in [1.165, 1.54) is 4.31 Å². The molecule has 0 saturated heterocycles. The Balaban J connectivity index is 2.46. The van der Waals surface area contributed by atoms with Gasteiger partial charge in [-0.15, -0.1) is 0 Å². The van der Waals surface area contributed by atoms with Gasteiger partial charge in [-0.1, -0.05) is 18.2 Å².